The normalized spacial score (nSPS) is 25.5. The van der Waals surface area contributed by atoms with E-state index in [1.54, 1.807) is 7.11 Å². The minimum Gasteiger partial charge on any atom is -0.497 e. The smallest absolute Gasteiger partial charge is 0.184 e. The van der Waals surface area contributed by atoms with Gasteiger partial charge < -0.3 is 19.9 Å². The molecule has 0 amide bonds. The quantitative estimate of drug-likeness (QED) is 0.809. The minimum atomic E-state index is -0.288. The Bertz CT molecular complexity index is 312. The molecular formula is C11H15NO3. The van der Waals surface area contributed by atoms with Crippen molar-refractivity contribution in [1.82, 2.24) is 0 Å². The van der Waals surface area contributed by atoms with E-state index in [1.807, 2.05) is 24.3 Å². The summed E-state index contributed by atoms with van der Waals surface area (Å²) in [6.45, 7) is 1.06. The highest BCUT2D eigenvalue weighted by Gasteiger charge is 2.25. The van der Waals surface area contributed by atoms with Crippen LogP contribution in [0, 0.1) is 0 Å². The van der Waals surface area contributed by atoms with Gasteiger partial charge in [-0.15, -0.1) is 0 Å². The van der Waals surface area contributed by atoms with Gasteiger partial charge in [0.25, 0.3) is 0 Å². The number of rotatable bonds is 3. The van der Waals surface area contributed by atoms with Gasteiger partial charge in [-0.1, -0.05) is 12.1 Å². The molecule has 1 saturated heterocycles. The molecule has 1 heterocycles. The second-order valence-electron chi connectivity index (χ2n) is 3.43. The fraction of sp³-hybridized carbons (Fsp3) is 0.455. The summed E-state index contributed by atoms with van der Waals surface area (Å²) in [7, 11) is 1.64. The maximum atomic E-state index is 5.58. The molecule has 2 atom stereocenters. The van der Waals surface area contributed by atoms with Crippen molar-refractivity contribution >= 4 is 0 Å². The summed E-state index contributed by atoms with van der Waals surface area (Å²) in [6, 6.07) is 7.64. The first-order valence-corrected chi connectivity index (χ1v) is 4.94. The first-order valence-electron chi connectivity index (χ1n) is 4.94. The van der Waals surface area contributed by atoms with Crippen LogP contribution in [0.2, 0.25) is 0 Å². The van der Waals surface area contributed by atoms with E-state index in [0.717, 1.165) is 11.3 Å². The summed E-state index contributed by atoms with van der Waals surface area (Å²) in [6.07, 6.45) is -0.276. The maximum Gasteiger partial charge on any atom is 0.184 e. The molecular weight excluding hydrogens is 194 g/mol. The van der Waals surface area contributed by atoms with E-state index in [-0.39, 0.29) is 12.4 Å². The Morgan fingerprint density at radius 1 is 1.40 bits per heavy atom. The van der Waals surface area contributed by atoms with Crippen LogP contribution >= 0.6 is 0 Å². The summed E-state index contributed by atoms with van der Waals surface area (Å²) >= 11 is 0. The Morgan fingerprint density at radius 3 is 2.67 bits per heavy atom. The highest BCUT2D eigenvalue weighted by molar-refractivity contribution is 5.28. The van der Waals surface area contributed by atoms with Gasteiger partial charge in [0.15, 0.2) is 6.29 Å². The molecule has 82 valence electrons. The Hall–Kier alpha value is -1.10. The highest BCUT2D eigenvalue weighted by Crippen LogP contribution is 2.27. The molecule has 0 aromatic heterocycles. The topological polar surface area (TPSA) is 53.7 Å². The molecule has 2 N–H and O–H groups in total. The third kappa shape index (κ3) is 2.28. The predicted molar refractivity (Wildman–Crippen MR) is 55.6 cm³/mol. The lowest BCUT2D eigenvalue weighted by Crippen LogP contribution is -2.21. The molecule has 0 bridgehead atoms. The van der Waals surface area contributed by atoms with Gasteiger partial charge in [-0.2, -0.15) is 0 Å². The van der Waals surface area contributed by atoms with E-state index in [1.165, 1.54) is 0 Å². The average molecular weight is 209 g/mol. The summed E-state index contributed by atoms with van der Waals surface area (Å²) in [5.41, 5.74) is 6.49. The van der Waals surface area contributed by atoms with Crippen molar-refractivity contribution in [3.05, 3.63) is 29.8 Å². The van der Waals surface area contributed by atoms with Gasteiger partial charge in [-0.25, -0.2) is 0 Å². The lowest BCUT2D eigenvalue weighted by molar-refractivity contribution is -0.0585. The van der Waals surface area contributed by atoms with E-state index in [0.29, 0.717) is 13.2 Å². The van der Waals surface area contributed by atoms with Gasteiger partial charge in [0.05, 0.1) is 19.8 Å². The average Bonchev–Trinajstić information content (AvgIpc) is 2.78. The molecule has 1 aromatic rings. The van der Waals surface area contributed by atoms with Gasteiger partial charge in [-0.05, 0) is 12.1 Å². The zero-order valence-corrected chi connectivity index (χ0v) is 8.68. The highest BCUT2D eigenvalue weighted by atomic mass is 16.7. The maximum absolute atomic E-state index is 5.58. The first kappa shape index (κ1) is 10.4. The van der Waals surface area contributed by atoms with Crippen LogP contribution in [-0.2, 0) is 9.47 Å². The van der Waals surface area contributed by atoms with Crippen LogP contribution in [0.1, 0.15) is 11.9 Å². The number of ether oxygens (including phenoxy) is 3. The van der Waals surface area contributed by atoms with Crippen molar-refractivity contribution in [3.63, 3.8) is 0 Å². The molecule has 2 unspecified atom stereocenters. The molecule has 1 aliphatic heterocycles. The predicted octanol–water partition coefficient (Wildman–Crippen LogP) is 1.07. The molecule has 4 nitrogen and oxygen atoms in total. The van der Waals surface area contributed by atoms with Crippen LogP contribution in [0.3, 0.4) is 0 Å². The Kier molecular flexibility index (Phi) is 3.20. The van der Waals surface area contributed by atoms with Crippen molar-refractivity contribution in [2.75, 3.05) is 20.3 Å². The van der Waals surface area contributed by atoms with Crippen LogP contribution in [0.4, 0.5) is 0 Å². The van der Waals surface area contributed by atoms with Crippen molar-refractivity contribution < 1.29 is 14.2 Å². The number of hydrogen-bond donors (Lipinski definition) is 1. The third-order valence-corrected chi connectivity index (χ3v) is 2.40. The molecule has 4 heteroatoms. The molecule has 0 saturated carbocycles. The van der Waals surface area contributed by atoms with E-state index in [2.05, 4.69) is 0 Å². The zero-order chi connectivity index (χ0) is 10.7. The monoisotopic (exact) mass is 209 g/mol. The summed E-state index contributed by atoms with van der Waals surface area (Å²) < 4.78 is 16.1. The fourth-order valence-corrected chi connectivity index (χ4v) is 1.51. The molecule has 1 fully saturated rings. The van der Waals surface area contributed by atoms with E-state index in [4.69, 9.17) is 19.9 Å². The number of hydrogen-bond acceptors (Lipinski definition) is 4. The zero-order valence-electron chi connectivity index (χ0n) is 8.68. The number of benzene rings is 1. The Labute approximate surface area is 88.9 Å². The van der Waals surface area contributed by atoms with Gasteiger partial charge in [-0.3, -0.25) is 0 Å². The van der Waals surface area contributed by atoms with Crippen molar-refractivity contribution in [2.45, 2.75) is 12.4 Å². The summed E-state index contributed by atoms with van der Waals surface area (Å²) in [5, 5.41) is 0. The molecule has 0 radical (unpaired) electrons. The lowest BCUT2D eigenvalue weighted by atomic mass is 10.2. The largest absolute Gasteiger partial charge is 0.497 e. The minimum absolute atomic E-state index is 0.0112. The summed E-state index contributed by atoms with van der Waals surface area (Å²) in [5.74, 6) is 0.826. The van der Waals surface area contributed by atoms with Gasteiger partial charge in [0, 0.05) is 12.1 Å². The molecule has 1 aliphatic rings. The second-order valence-corrected chi connectivity index (χ2v) is 3.43. The molecule has 1 aromatic carbocycles. The van der Waals surface area contributed by atoms with E-state index < -0.39 is 0 Å². The molecule has 15 heavy (non-hydrogen) atoms. The molecule has 0 aliphatic carbocycles. The van der Waals surface area contributed by atoms with Gasteiger partial charge >= 0.3 is 0 Å². The standard InChI is InChI=1S/C11H15NO3/c1-13-9-4-2-8(3-5-9)11-14-7-10(6-12)15-11/h2-5,10-11H,6-7,12H2,1H3. The number of nitrogens with two attached hydrogens (primary N) is 1. The van der Waals surface area contributed by atoms with Crippen LogP contribution < -0.4 is 10.5 Å². The van der Waals surface area contributed by atoms with Crippen molar-refractivity contribution in [1.29, 1.82) is 0 Å². The third-order valence-electron chi connectivity index (χ3n) is 2.40. The SMILES string of the molecule is COc1ccc(C2OCC(CN)O2)cc1. The van der Waals surface area contributed by atoms with E-state index in [9.17, 15) is 0 Å². The van der Waals surface area contributed by atoms with Crippen LogP contribution in [-0.4, -0.2) is 26.4 Å². The number of methoxy groups -OCH3 is 1. The van der Waals surface area contributed by atoms with Crippen molar-refractivity contribution in [2.24, 2.45) is 5.73 Å². The first-order chi connectivity index (χ1) is 7.33. The van der Waals surface area contributed by atoms with Gasteiger partial charge in [0.1, 0.15) is 5.75 Å². The van der Waals surface area contributed by atoms with Crippen LogP contribution in [0.15, 0.2) is 24.3 Å². The Balaban J connectivity index is 2.04. The van der Waals surface area contributed by atoms with Crippen LogP contribution in [0.25, 0.3) is 0 Å². The lowest BCUT2D eigenvalue weighted by Gasteiger charge is -2.11. The fourth-order valence-electron chi connectivity index (χ4n) is 1.51. The summed E-state index contributed by atoms with van der Waals surface area (Å²) in [4.78, 5) is 0. The van der Waals surface area contributed by atoms with E-state index >= 15 is 0 Å². The molecule has 0 spiro atoms. The Morgan fingerprint density at radius 2 is 2.13 bits per heavy atom. The van der Waals surface area contributed by atoms with Crippen LogP contribution in [0.5, 0.6) is 5.75 Å². The van der Waals surface area contributed by atoms with Crippen molar-refractivity contribution in [3.8, 4) is 5.75 Å². The molecule has 2 rings (SSSR count). The second kappa shape index (κ2) is 4.61. The van der Waals surface area contributed by atoms with Gasteiger partial charge in [0.2, 0.25) is 0 Å².